The van der Waals surface area contributed by atoms with Crippen molar-refractivity contribution in [3.8, 4) is 0 Å². The Morgan fingerprint density at radius 2 is 1.74 bits per heavy atom. The summed E-state index contributed by atoms with van der Waals surface area (Å²) < 4.78 is 27.8. The molecule has 100 valence electrons. The van der Waals surface area contributed by atoms with E-state index in [2.05, 4.69) is 27.9 Å². The van der Waals surface area contributed by atoms with Crippen LogP contribution in [0.4, 0.5) is 8.78 Å². The van der Waals surface area contributed by atoms with Crippen LogP contribution in [0.3, 0.4) is 0 Å². The highest BCUT2D eigenvalue weighted by Crippen LogP contribution is 2.28. The first kappa shape index (κ1) is 14.4. The quantitative estimate of drug-likeness (QED) is 0.796. The predicted octanol–water partition coefficient (Wildman–Crippen LogP) is 4.19. The van der Waals surface area contributed by atoms with Gasteiger partial charge in [0, 0.05) is 9.64 Å². The summed E-state index contributed by atoms with van der Waals surface area (Å²) in [5.74, 6) is -1.11. The molecule has 0 aromatic heterocycles. The third-order valence-electron chi connectivity index (χ3n) is 3.04. The van der Waals surface area contributed by atoms with E-state index in [-0.39, 0.29) is 6.04 Å². The molecule has 19 heavy (non-hydrogen) atoms. The normalized spacial score (nSPS) is 12.5. The Balaban J connectivity index is 2.53. The number of halogens is 3. The molecule has 1 atom stereocenters. The molecule has 0 saturated carbocycles. The molecule has 0 spiro atoms. The minimum Gasteiger partial charge on any atom is -0.309 e. The van der Waals surface area contributed by atoms with Crippen LogP contribution in [0.5, 0.6) is 0 Å². The maximum atomic E-state index is 13.4. The van der Waals surface area contributed by atoms with Gasteiger partial charge in [0.25, 0.3) is 0 Å². The van der Waals surface area contributed by atoms with Crippen molar-refractivity contribution in [3.05, 3.63) is 68.3 Å². The van der Waals surface area contributed by atoms with E-state index in [4.69, 9.17) is 0 Å². The first-order valence-corrected chi connectivity index (χ1v) is 6.99. The van der Waals surface area contributed by atoms with Crippen molar-refractivity contribution in [2.75, 3.05) is 7.05 Å². The van der Waals surface area contributed by atoms with E-state index in [1.54, 1.807) is 7.05 Å². The van der Waals surface area contributed by atoms with Crippen molar-refractivity contribution < 1.29 is 8.78 Å². The predicted molar refractivity (Wildman–Crippen MR) is 81.2 cm³/mol. The average molecular weight is 373 g/mol. The van der Waals surface area contributed by atoms with Crippen molar-refractivity contribution in [3.63, 3.8) is 0 Å². The zero-order valence-corrected chi connectivity index (χ0v) is 12.8. The van der Waals surface area contributed by atoms with E-state index in [0.717, 1.165) is 20.8 Å². The van der Waals surface area contributed by atoms with Crippen LogP contribution in [0.1, 0.15) is 22.7 Å². The minimum absolute atomic E-state index is 0.225. The van der Waals surface area contributed by atoms with Crippen molar-refractivity contribution in [1.29, 1.82) is 0 Å². The van der Waals surface area contributed by atoms with E-state index in [1.807, 2.05) is 25.1 Å². The molecule has 0 bridgehead atoms. The second-order valence-electron chi connectivity index (χ2n) is 4.40. The standard InChI is InChI=1S/C15H14F2IN/c1-9-4-3-5-13(14(9)18)15(19-2)10-6-11(16)8-12(17)7-10/h3-8,15,19H,1-2H3. The Morgan fingerprint density at radius 3 is 2.32 bits per heavy atom. The fourth-order valence-corrected chi connectivity index (χ4v) is 2.81. The second-order valence-corrected chi connectivity index (χ2v) is 5.48. The molecule has 0 aliphatic rings. The summed E-state index contributed by atoms with van der Waals surface area (Å²) in [7, 11) is 1.78. The molecule has 0 amide bonds. The second kappa shape index (κ2) is 5.96. The van der Waals surface area contributed by atoms with Gasteiger partial charge >= 0.3 is 0 Å². The number of aryl methyl sites for hydroxylation is 1. The summed E-state index contributed by atoms with van der Waals surface area (Å²) >= 11 is 2.26. The zero-order chi connectivity index (χ0) is 14.0. The molecule has 0 aliphatic carbocycles. The maximum absolute atomic E-state index is 13.4. The Hall–Kier alpha value is -1.01. The van der Waals surface area contributed by atoms with Gasteiger partial charge in [-0.2, -0.15) is 0 Å². The highest BCUT2D eigenvalue weighted by molar-refractivity contribution is 14.1. The first-order chi connectivity index (χ1) is 9.02. The molecule has 2 rings (SSSR count). The maximum Gasteiger partial charge on any atom is 0.126 e. The SMILES string of the molecule is CNC(c1cc(F)cc(F)c1)c1cccc(C)c1I. The van der Waals surface area contributed by atoms with E-state index in [1.165, 1.54) is 12.1 Å². The summed E-state index contributed by atoms with van der Waals surface area (Å²) in [5.41, 5.74) is 2.76. The molecule has 1 unspecified atom stereocenters. The van der Waals surface area contributed by atoms with Crippen LogP contribution in [0.15, 0.2) is 36.4 Å². The molecule has 4 heteroatoms. The Kier molecular flexibility index (Phi) is 4.52. The molecule has 2 aromatic rings. The van der Waals surface area contributed by atoms with Crippen LogP contribution in [-0.2, 0) is 0 Å². The van der Waals surface area contributed by atoms with Gasteiger partial charge in [-0.1, -0.05) is 18.2 Å². The number of hydrogen-bond donors (Lipinski definition) is 1. The summed E-state index contributed by atoms with van der Waals surface area (Å²) in [4.78, 5) is 0. The lowest BCUT2D eigenvalue weighted by Gasteiger charge is -2.20. The summed E-state index contributed by atoms with van der Waals surface area (Å²) in [5, 5.41) is 3.12. The first-order valence-electron chi connectivity index (χ1n) is 5.91. The molecule has 0 fully saturated rings. The molecule has 0 saturated heterocycles. The van der Waals surface area contributed by atoms with Gasteiger partial charge in [-0.25, -0.2) is 8.78 Å². The molecular weight excluding hydrogens is 359 g/mol. The fourth-order valence-electron chi connectivity index (χ4n) is 2.14. The number of benzene rings is 2. The summed E-state index contributed by atoms with van der Waals surface area (Å²) in [6.07, 6.45) is 0. The summed E-state index contributed by atoms with van der Waals surface area (Å²) in [6, 6.07) is 9.33. The highest BCUT2D eigenvalue weighted by Gasteiger charge is 2.17. The van der Waals surface area contributed by atoms with Gasteiger partial charge in [0.05, 0.1) is 6.04 Å². The topological polar surface area (TPSA) is 12.0 Å². The van der Waals surface area contributed by atoms with Crippen LogP contribution < -0.4 is 5.32 Å². The van der Waals surface area contributed by atoms with E-state index < -0.39 is 11.6 Å². The van der Waals surface area contributed by atoms with E-state index in [9.17, 15) is 8.78 Å². The largest absolute Gasteiger partial charge is 0.309 e. The molecule has 0 heterocycles. The van der Waals surface area contributed by atoms with Gasteiger partial charge in [-0.15, -0.1) is 0 Å². The molecule has 1 nitrogen and oxygen atoms in total. The van der Waals surface area contributed by atoms with Crippen LogP contribution in [-0.4, -0.2) is 7.05 Å². The molecule has 1 N–H and O–H groups in total. The molecule has 0 radical (unpaired) electrons. The monoisotopic (exact) mass is 373 g/mol. The van der Waals surface area contributed by atoms with Gasteiger partial charge in [-0.05, 0) is 65.4 Å². The fraction of sp³-hybridized carbons (Fsp3) is 0.200. The molecule has 0 aliphatic heterocycles. The smallest absolute Gasteiger partial charge is 0.126 e. The lowest BCUT2D eigenvalue weighted by atomic mass is 9.97. The van der Waals surface area contributed by atoms with Crippen molar-refractivity contribution in [2.45, 2.75) is 13.0 Å². The summed E-state index contributed by atoms with van der Waals surface area (Å²) in [6.45, 7) is 2.02. The van der Waals surface area contributed by atoms with Crippen molar-refractivity contribution >= 4 is 22.6 Å². The number of nitrogens with one attached hydrogen (secondary N) is 1. The number of hydrogen-bond acceptors (Lipinski definition) is 1. The van der Waals surface area contributed by atoms with Crippen LogP contribution in [0.25, 0.3) is 0 Å². The zero-order valence-electron chi connectivity index (χ0n) is 10.7. The van der Waals surface area contributed by atoms with Gasteiger partial charge < -0.3 is 5.32 Å². The van der Waals surface area contributed by atoms with Gasteiger partial charge in [0.15, 0.2) is 0 Å². The lowest BCUT2D eigenvalue weighted by Crippen LogP contribution is -2.19. The van der Waals surface area contributed by atoms with Crippen molar-refractivity contribution in [2.24, 2.45) is 0 Å². The molecular formula is C15H14F2IN. The highest BCUT2D eigenvalue weighted by atomic mass is 127. The van der Waals surface area contributed by atoms with Gasteiger partial charge in [0.1, 0.15) is 11.6 Å². The Bertz CT molecular complexity index is 578. The minimum atomic E-state index is -0.557. The lowest BCUT2D eigenvalue weighted by molar-refractivity contribution is 0.571. The number of rotatable bonds is 3. The molecule has 2 aromatic carbocycles. The Morgan fingerprint density at radius 1 is 1.11 bits per heavy atom. The van der Waals surface area contributed by atoms with Crippen LogP contribution in [0.2, 0.25) is 0 Å². The van der Waals surface area contributed by atoms with Gasteiger partial charge in [-0.3, -0.25) is 0 Å². The third-order valence-corrected chi connectivity index (χ3v) is 4.51. The van der Waals surface area contributed by atoms with E-state index in [0.29, 0.717) is 5.56 Å². The van der Waals surface area contributed by atoms with Crippen LogP contribution >= 0.6 is 22.6 Å². The average Bonchev–Trinajstić information content (AvgIpc) is 2.34. The third kappa shape index (κ3) is 3.12. The van der Waals surface area contributed by atoms with E-state index >= 15 is 0 Å². The van der Waals surface area contributed by atoms with Crippen LogP contribution in [0, 0.1) is 22.1 Å². The van der Waals surface area contributed by atoms with Gasteiger partial charge in [0.2, 0.25) is 0 Å². The van der Waals surface area contributed by atoms with Crippen molar-refractivity contribution in [1.82, 2.24) is 5.32 Å². The Labute approximate surface area is 125 Å².